The van der Waals surface area contributed by atoms with Crippen LogP contribution in [0.25, 0.3) is 0 Å². The summed E-state index contributed by atoms with van der Waals surface area (Å²) < 4.78 is 1.84. The summed E-state index contributed by atoms with van der Waals surface area (Å²) in [6.07, 6.45) is 7.72. The van der Waals surface area contributed by atoms with Gasteiger partial charge in [-0.15, -0.1) is 0 Å². The molecule has 1 fully saturated rings. The number of carbonyl (C=O) groups is 1. The van der Waals surface area contributed by atoms with E-state index < -0.39 is 0 Å². The average Bonchev–Trinajstić information content (AvgIpc) is 3.10. The van der Waals surface area contributed by atoms with E-state index >= 15 is 0 Å². The summed E-state index contributed by atoms with van der Waals surface area (Å²) in [6, 6.07) is 1.91. The minimum Gasteiger partial charge on any atom is -0.388 e. The molecular formula is C14H22N2O2. The lowest BCUT2D eigenvalue weighted by molar-refractivity contribution is -0.121. The molecule has 1 aliphatic rings. The van der Waals surface area contributed by atoms with E-state index in [0.717, 1.165) is 37.8 Å². The van der Waals surface area contributed by atoms with E-state index in [-0.39, 0.29) is 12.0 Å². The van der Waals surface area contributed by atoms with Gasteiger partial charge in [0.1, 0.15) is 6.54 Å². The molecule has 1 unspecified atom stereocenters. The second kappa shape index (κ2) is 6.05. The number of hydrogen-bond donors (Lipinski definition) is 2. The molecule has 1 aliphatic carbocycles. The molecule has 1 saturated carbocycles. The maximum Gasteiger partial charge on any atom is 0.239 e. The fourth-order valence-electron chi connectivity index (χ4n) is 2.04. The summed E-state index contributed by atoms with van der Waals surface area (Å²) in [6.45, 7) is 3.18. The van der Waals surface area contributed by atoms with Crippen LogP contribution >= 0.6 is 0 Å². The Morgan fingerprint density at radius 2 is 2.39 bits per heavy atom. The molecule has 0 bridgehead atoms. The Balaban J connectivity index is 1.80. The number of unbranched alkanes of at least 4 members (excludes halogenated alkanes) is 1. The minimum absolute atomic E-state index is 0.0338. The highest BCUT2D eigenvalue weighted by atomic mass is 16.3. The largest absolute Gasteiger partial charge is 0.388 e. The van der Waals surface area contributed by atoms with E-state index in [1.54, 1.807) is 0 Å². The van der Waals surface area contributed by atoms with Gasteiger partial charge in [0.25, 0.3) is 0 Å². The summed E-state index contributed by atoms with van der Waals surface area (Å²) in [5.41, 5.74) is 0.929. The van der Waals surface area contributed by atoms with Crippen molar-refractivity contribution in [3.8, 4) is 0 Å². The van der Waals surface area contributed by atoms with Gasteiger partial charge in [-0.1, -0.05) is 13.3 Å². The van der Waals surface area contributed by atoms with Gasteiger partial charge in [0.05, 0.1) is 6.10 Å². The first-order chi connectivity index (χ1) is 8.70. The quantitative estimate of drug-likeness (QED) is 0.726. The van der Waals surface area contributed by atoms with Gasteiger partial charge < -0.3 is 15.0 Å². The molecule has 1 aromatic rings. The molecule has 2 N–H and O–H groups in total. The number of rotatable bonds is 7. The molecule has 1 amide bonds. The fourth-order valence-corrected chi connectivity index (χ4v) is 2.04. The number of aliphatic hydroxyl groups excluding tert-OH is 1. The Morgan fingerprint density at radius 1 is 1.61 bits per heavy atom. The highest BCUT2D eigenvalue weighted by Crippen LogP contribution is 2.40. The lowest BCUT2D eigenvalue weighted by atomic mass is 10.1. The van der Waals surface area contributed by atoms with E-state index in [4.69, 9.17) is 0 Å². The first-order valence-electron chi connectivity index (χ1n) is 6.81. The van der Waals surface area contributed by atoms with Crippen molar-refractivity contribution in [1.82, 2.24) is 9.88 Å². The standard InChI is InChI=1S/C14H22N2O2/c1-2-3-7-15-13(17)10-16-8-6-12(9-16)14(18)11-4-5-11/h6,8-9,11,14,18H,2-5,7,10H2,1H3,(H,15,17). The second-order valence-corrected chi connectivity index (χ2v) is 5.10. The molecule has 0 spiro atoms. The molecule has 18 heavy (non-hydrogen) atoms. The van der Waals surface area contributed by atoms with Crippen molar-refractivity contribution < 1.29 is 9.90 Å². The van der Waals surface area contributed by atoms with Crippen molar-refractivity contribution in [3.63, 3.8) is 0 Å². The van der Waals surface area contributed by atoms with Crippen LogP contribution in [0.4, 0.5) is 0 Å². The zero-order valence-corrected chi connectivity index (χ0v) is 10.9. The number of hydrogen-bond acceptors (Lipinski definition) is 2. The molecule has 1 heterocycles. The van der Waals surface area contributed by atoms with Crippen LogP contribution in [0.3, 0.4) is 0 Å². The lowest BCUT2D eigenvalue weighted by Gasteiger charge is -2.07. The van der Waals surface area contributed by atoms with Crippen molar-refractivity contribution in [2.75, 3.05) is 6.54 Å². The molecule has 0 saturated heterocycles. The molecule has 100 valence electrons. The Hall–Kier alpha value is -1.29. The van der Waals surface area contributed by atoms with Crippen LogP contribution in [0.1, 0.15) is 44.3 Å². The summed E-state index contributed by atoms with van der Waals surface area (Å²) in [5, 5.41) is 12.9. The fraction of sp³-hybridized carbons (Fsp3) is 0.643. The number of nitrogens with one attached hydrogen (secondary N) is 1. The van der Waals surface area contributed by atoms with Crippen molar-refractivity contribution in [2.45, 2.75) is 45.3 Å². The number of aliphatic hydroxyl groups is 1. The summed E-state index contributed by atoms with van der Waals surface area (Å²) >= 11 is 0. The van der Waals surface area contributed by atoms with Gasteiger partial charge in [-0.3, -0.25) is 4.79 Å². The zero-order valence-electron chi connectivity index (χ0n) is 10.9. The number of nitrogens with zero attached hydrogens (tertiary/aromatic N) is 1. The van der Waals surface area contributed by atoms with Gasteiger partial charge in [0.15, 0.2) is 0 Å². The maximum absolute atomic E-state index is 11.6. The summed E-state index contributed by atoms with van der Waals surface area (Å²) in [5.74, 6) is 0.464. The lowest BCUT2D eigenvalue weighted by Crippen LogP contribution is -2.27. The summed E-state index contributed by atoms with van der Waals surface area (Å²) in [4.78, 5) is 11.6. The highest BCUT2D eigenvalue weighted by Gasteiger charge is 2.31. The smallest absolute Gasteiger partial charge is 0.239 e. The number of amides is 1. The van der Waals surface area contributed by atoms with Gasteiger partial charge in [-0.2, -0.15) is 0 Å². The SMILES string of the molecule is CCCCNC(=O)Cn1ccc(C(O)C2CC2)c1. The van der Waals surface area contributed by atoms with Crippen LogP contribution in [0.2, 0.25) is 0 Å². The molecule has 0 aromatic carbocycles. The normalized spacial score (nSPS) is 16.6. The van der Waals surface area contributed by atoms with Crippen LogP contribution in [0.5, 0.6) is 0 Å². The molecule has 4 nitrogen and oxygen atoms in total. The molecular weight excluding hydrogens is 228 g/mol. The van der Waals surface area contributed by atoms with Crippen LogP contribution < -0.4 is 5.32 Å². The van der Waals surface area contributed by atoms with Crippen molar-refractivity contribution in [2.24, 2.45) is 5.92 Å². The Labute approximate surface area is 108 Å². The molecule has 0 radical (unpaired) electrons. The average molecular weight is 250 g/mol. The minimum atomic E-state index is -0.352. The number of aromatic nitrogens is 1. The van der Waals surface area contributed by atoms with E-state index in [1.807, 2.05) is 23.0 Å². The van der Waals surface area contributed by atoms with E-state index in [9.17, 15) is 9.90 Å². The predicted molar refractivity (Wildman–Crippen MR) is 70.0 cm³/mol. The number of carbonyl (C=O) groups excluding carboxylic acids is 1. The molecule has 1 atom stereocenters. The monoisotopic (exact) mass is 250 g/mol. The van der Waals surface area contributed by atoms with Gasteiger partial charge in [0.2, 0.25) is 5.91 Å². The topological polar surface area (TPSA) is 54.3 Å². The van der Waals surface area contributed by atoms with Gasteiger partial charge >= 0.3 is 0 Å². The first-order valence-corrected chi connectivity index (χ1v) is 6.81. The van der Waals surface area contributed by atoms with Crippen LogP contribution in [0, 0.1) is 5.92 Å². The van der Waals surface area contributed by atoms with E-state index in [0.29, 0.717) is 12.5 Å². The highest BCUT2D eigenvalue weighted by molar-refractivity contribution is 5.75. The maximum atomic E-state index is 11.6. The van der Waals surface area contributed by atoms with Gasteiger partial charge in [-0.25, -0.2) is 0 Å². The van der Waals surface area contributed by atoms with Crippen LogP contribution in [-0.2, 0) is 11.3 Å². The van der Waals surface area contributed by atoms with Crippen molar-refractivity contribution in [3.05, 3.63) is 24.0 Å². The van der Waals surface area contributed by atoms with E-state index in [1.165, 1.54) is 0 Å². The Kier molecular flexibility index (Phi) is 4.42. The van der Waals surface area contributed by atoms with E-state index in [2.05, 4.69) is 12.2 Å². The third-order valence-electron chi connectivity index (χ3n) is 3.36. The summed E-state index contributed by atoms with van der Waals surface area (Å²) in [7, 11) is 0. The Bertz CT molecular complexity index is 396. The van der Waals surface area contributed by atoms with Crippen molar-refractivity contribution >= 4 is 5.91 Å². The Morgan fingerprint density at radius 3 is 3.06 bits per heavy atom. The zero-order chi connectivity index (χ0) is 13.0. The van der Waals surface area contributed by atoms with Crippen molar-refractivity contribution in [1.29, 1.82) is 0 Å². The molecule has 2 rings (SSSR count). The van der Waals surface area contributed by atoms with Gasteiger partial charge in [0, 0.05) is 18.9 Å². The predicted octanol–water partition coefficient (Wildman–Crippen LogP) is 1.85. The van der Waals surface area contributed by atoms with Crippen LogP contribution in [0.15, 0.2) is 18.5 Å². The van der Waals surface area contributed by atoms with Crippen LogP contribution in [-0.4, -0.2) is 22.1 Å². The molecule has 1 aromatic heterocycles. The molecule has 0 aliphatic heterocycles. The molecule has 4 heteroatoms. The first kappa shape index (κ1) is 13.1. The second-order valence-electron chi connectivity index (χ2n) is 5.10. The third-order valence-corrected chi connectivity index (χ3v) is 3.36. The van der Waals surface area contributed by atoms with Gasteiger partial charge in [-0.05, 0) is 36.8 Å². The third kappa shape index (κ3) is 3.60.